The Morgan fingerprint density at radius 2 is 1.77 bits per heavy atom. The van der Waals surface area contributed by atoms with Gasteiger partial charge in [-0.05, 0) is 6.07 Å². The van der Waals surface area contributed by atoms with Crippen molar-refractivity contribution in [2.24, 2.45) is 0 Å². The summed E-state index contributed by atoms with van der Waals surface area (Å²) in [4.78, 5) is 10.6. The van der Waals surface area contributed by atoms with Crippen molar-refractivity contribution < 1.29 is 0 Å². The van der Waals surface area contributed by atoms with E-state index in [9.17, 15) is 0 Å². The van der Waals surface area contributed by atoms with Crippen molar-refractivity contribution in [3.63, 3.8) is 0 Å². The molecule has 0 bridgehead atoms. The van der Waals surface area contributed by atoms with E-state index in [4.69, 9.17) is 0 Å². The SMILES string of the molecule is [No].c1cnc(N2CCNCC2)nc1. The fraction of sp³-hybridized carbons (Fsp3) is 0.500. The van der Waals surface area contributed by atoms with Crippen molar-refractivity contribution in [3.8, 4) is 0 Å². The third-order valence-electron chi connectivity index (χ3n) is 1.95. The summed E-state index contributed by atoms with van der Waals surface area (Å²) < 4.78 is 0. The largest absolute Gasteiger partial charge is 0.338 e. The first-order chi connectivity index (χ1) is 5.97. The van der Waals surface area contributed by atoms with E-state index in [0.717, 1.165) is 32.1 Å². The summed E-state index contributed by atoms with van der Waals surface area (Å²) in [5, 5.41) is 3.29. The van der Waals surface area contributed by atoms with Crippen molar-refractivity contribution in [2.45, 2.75) is 0 Å². The molecule has 0 aliphatic carbocycles. The van der Waals surface area contributed by atoms with Crippen LogP contribution in [0.25, 0.3) is 0 Å². The fourth-order valence-corrected chi connectivity index (χ4v) is 1.32. The normalized spacial score (nSPS) is 16.5. The summed E-state index contributed by atoms with van der Waals surface area (Å²) in [5.74, 6) is 0.846. The Morgan fingerprint density at radius 1 is 1.15 bits per heavy atom. The summed E-state index contributed by atoms with van der Waals surface area (Å²) in [6, 6.07) is 1.84. The van der Waals surface area contributed by atoms with E-state index >= 15 is 0 Å². The zero-order valence-corrected chi connectivity index (χ0v) is 9.39. The van der Waals surface area contributed by atoms with Crippen molar-refractivity contribution in [2.75, 3.05) is 31.1 Å². The van der Waals surface area contributed by atoms with Crippen LogP contribution in [0.15, 0.2) is 18.5 Å². The molecule has 0 atom stereocenters. The standard InChI is InChI=1S/C8H12N4.No/c1-2-10-8(11-3-1)12-6-4-9-5-7-12;/h1-3,9H,4-7H2;. The van der Waals surface area contributed by atoms with Crippen molar-refractivity contribution in [3.05, 3.63) is 18.5 Å². The molecule has 1 N–H and O–H groups in total. The molecule has 1 aromatic rings. The van der Waals surface area contributed by atoms with Gasteiger partial charge < -0.3 is 10.2 Å². The molecule has 2 heterocycles. The minimum atomic E-state index is 0. The summed E-state index contributed by atoms with van der Waals surface area (Å²) in [5.41, 5.74) is 0. The van der Waals surface area contributed by atoms with E-state index in [1.807, 2.05) is 6.07 Å². The molecule has 0 aromatic carbocycles. The van der Waals surface area contributed by atoms with Crippen molar-refractivity contribution in [1.82, 2.24) is 15.3 Å². The molecule has 4 nitrogen and oxygen atoms in total. The molecule has 1 fully saturated rings. The first kappa shape index (κ1) is 8.93. The van der Waals surface area contributed by atoms with Crippen LogP contribution in [-0.4, -0.2) is 36.1 Å². The van der Waals surface area contributed by atoms with Crippen molar-refractivity contribution >= 4 is 5.95 Å². The number of aromatic nitrogens is 2. The van der Waals surface area contributed by atoms with E-state index in [1.54, 1.807) is 12.4 Å². The van der Waals surface area contributed by atoms with Gasteiger partial charge in [-0.1, -0.05) is 0 Å². The van der Waals surface area contributed by atoms with E-state index < -0.39 is 0 Å². The number of anilines is 1. The molecule has 0 saturated carbocycles. The van der Waals surface area contributed by atoms with Crippen molar-refractivity contribution in [1.29, 1.82) is 0 Å². The summed E-state index contributed by atoms with van der Waals surface area (Å²) in [6.07, 6.45) is 3.56. The zero-order chi connectivity index (χ0) is 8.23. The maximum Gasteiger partial charge on any atom is 0.225 e. The molecule has 0 spiro atoms. The molecule has 1 aliphatic rings. The second-order valence-electron chi connectivity index (χ2n) is 2.79. The van der Waals surface area contributed by atoms with Crippen LogP contribution in [0.4, 0.5) is 5.95 Å². The van der Waals surface area contributed by atoms with Gasteiger partial charge in [-0.15, -0.1) is 0 Å². The summed E-state index contributed by atoms with van der Waals surface area (Å²) in [6.45, 7) is 4.06. The van der Waals surface area contributed by atoms with Crippen LogP contribution in [0.2, 0.25) is 0 Å². The predicted octanol–water partition coefficient (Wildman–Crippen LogP) is -0.114. The maximum atomic E-state index is 4.19. The van der Waals surface area contributed by atoms with E-state index in [0.29, 0.717) is 0 Å². The third-order valence-corrected chi connectivity index (χ3v) is 1.95. The number of nitrogens with zero attached hydrogens (tertiary/aromatic N) is 3. The number of nitrogens with one attached hydrogen (secondary N) is 1. The van der Waals surface area contributed by atoms with Gasteiger partial charge in [0, 0.05) is 38.6 Å². The second-order valence-corrected chi connectivity index (χ2v) is 2.79. The minimum absolute atomic E-state index is 0. The van der Waals surface area contributed by atoms with Gasteiger partial charge in [0.15, 0.2) is 0 Å². The Bertz CT molecular complexity index is 235. The Hall–Kier alpha value is -2.16. The first-order valence-electron chi connectivity index (χ1n) is 4.19. The minimum Gasteiger partial charge on any atom is -0.338 e. The zero-order valence-electron chi connectivity index (χ0n) is 7.17. The average Bonchev–Trinajstić information content (AvgIpc) is 2.21. The van der Waals surface area contributed by atoms with Crippen LogP contribution in [0.5, 0.6) is 0 Å². The van der Waals surface area contributed by atoms with Gasteiger partial charge in [0.05, 0.1) is 0 Å². The molecule has 2 rings (SSSR count). The Morgan fingerprint density at radius 3 is 2.38 bits per heavy atom. The molecular weight excluding hydrogens is 411 g/mol. The van der Waals surface area contributed by atoms with Crippen LogP contribution in [0, 0.1) is 0 Å². The van der Waals surface area contributed by atoms with Gasteiger partial charge in [-0.25, -0.2) is 9.97 Å². The van der Waals surface area contributed by atoms with Gasteiger partial charge >= 0.3 is 0 Å². The number of piperazine rings is 1. The molecule has 1 aliphatic heterocycles. The predicted molar refractivity (Wildman–Crippen MR) is 47.1 cm³/mol. The van der Waals surface area contributed by atoms with Crippen LogP contribution >= 0.6 is 0 Å². The monoisotopic (exact) mass is 423 g/mol. The van der Waals surface area contributed by atoms with Gasteiger partial charge in [0.2, 0.25) is 5.95 Å². The van der Waals surface area contributed by atoms with Gasteiger partial charge in [0.25, 0.3) is 0 Å². The molecule has 1 aromatic heterocycles. The van der Waals surface area contributed by atoms with Crippen LogP contribution < -0.4 is 10.2 Å². The molecule has 0 amide bonds. The number of rotatable bonds is 1. The van der Waals surface area contributed by atoms with Crippen LogP contribution in [0.1, 0.15) is 0 Å². The molecule has 0 unspecified atom stereocenters. The third kappa shape index (κ3) is 1.90. The number of hydrogen-bond donors (Lipinski definition) is 1. The Balaban J connectivity index is 0.000000845. The van der Waals surface area contributed by atoms with E-state index in [-0.39, 0.29) is 0 Å². The van der Waals surface area contributed by atoms with Gasteiger partial charge in [-0.3, -0.25) is 0 Å². The molecular formula is C8H12N4No. The Kier molecular flexibility index (Phi) is 2.76. The summed E-state index contributed by atoms with van der Waals surface area (Å²) in [7, 11) is 0. The van der Waals surface area contributed by atoms with Gasteiger partial charge in [0.1, 0.15) is 0 Å². The summed E-state index contributed by atoms with van der Waals surface area (Å²) >= 11 is 0. The number of hydrogen-bond acceptors (Lipinski definition) is 4. The Labute approximate surface area is 71.6 Å². The molecule has 0 radical (unpaired) electrons. The average molecular weight is 423 g/mol. The van der Waals surface area contributed by atoms with E-state index in [1.165, 1.54) is 0 Å². The van der Waals surface area contributed by atoms with Crippen LogP contribution in [-0.2, 0) is 0 Å². The maximum absolute atomic E-state index is 4.19. The quantitative estimate of drug-likeness (QED) is 0.685. The van der Waals surface area contributed by atoms with Crippen LogP contribution in [0.3, 0.4) is 0 Å². The molecule has 1 saturated heterocycles. The molecule has 13 heavy (non-hydrogen) atoms. The molecule has 78 valence electrons. The smallest absolute Gasteiger partial charge is 0.225 e. The van der Waals surface area contributed by atoms with Gasteiger partial charge in [-0.2, -0.15) is 0 Å². The molecule has 5 heteroatoms. The van der Waals surface area contributed by atoms with E-state index in [2.05, 4.69) is 20.2 Å². The topological polar surface area (TPSA) is 41.1 Å². The fourth-order valence-electron chi connectivity index (χ4n) is 1.32. The second kappa shape index (κ2) is 4.01. The first-order valence-corrected chi connectivity index (χ1v) is 4.19.